The van der Waals surface area contributed by atoms with Crippen LogP contribution in [0.25, 0.3) is 11.1 Å². The number of halogens is 3. The van der Waals surface area contributed by atoms with E-state index in [9.17, 15) is 10.1 Å². The molecule has 0 bridgehead atoms. The number of benzene rings is 2. The first-order valence-corrected chi connectivity index (χ1v) is 6.02. The van der Waals surface area contributed by atoms with Crippen LogP contribution < -0.4 is 0 Å². The average Bonchev–Trinajstić information content (AvgIpc) is 2.32. The van der Waals surface area contributed by atoms with Gasteiger partial charge >= 0.3 is 0 Å². The molecule has 2 aromatic rings. The summed E-state index contributed by atoms with van der Waals surface area (Å²) in [4.78, 5) is 10.5. The van der Waals surface area contributed by atoms with Crippen molar-refractivity contribution in [3.8, 4) is 11.1 Å². The summed E-state index contributed by atoms with van der Waals surface area (Å²) in [7, 11) is 0. The largest absolute Gasteiger partial charge is 0.295 e. The molecule has 2 aromatic carbocycles. The van der Waals surface area contributed by atoms with Crippen LogP contribution in [0.2, 0.25) is 15.1 Å². The van der Waals surface area contributed by atoms with Gasteiger partial charge < -0.3 is 0 Å². The Morgan fingerprint density at radius 3 is 2.28 bits per heavy atom. The molecule has 0 atom stereocenters. The smallest absolute Gasteiger partial charge is 0.258 e. The van der Waals surface area contributed by atoms with Gasteiger partial charge in [0.25, 0.3) is 5.69 Å². The van der Waals surface area contributed by atoms with Gasteiger partial charge in [-0.05, 0) is 29.8 Å². The molecule has 0 amide bonds. The maximum Gasteiger partial charge on any atom is 0.295 e. The maximum absolute atomic E-state index is 11.0. The lowest BCUT2D eigenvalue weighted by molar-refractivity contribution is -0.384. The van der Waals surface area contributed by atoms with E-state index in [0.717, 1.165) is 0 Å². The van der Waals surface area contributed by atoms with Crippen LogP contribution in [0.1, 0.15) is 0 Å². The van der Waals surface area contributed by atoms with Crippen molar-refractivity contribution in [2.24, 2.45) is 0 Å². The highest BCUT2D eigenvalue weighted by Crippen LogP contribution is 2.37. The normalized spacial score (nSPS) is 10.4. The van der Waals surface area contributed by atoms with E-state index in [1.807, 2.05) is 0 Å². The highest BCUT2D eigenvalue weighted by atomic mass is 35.5. The number of para-hydroxylation sites is 1. The molecule has 2 rings (SSSR count). The molecule has 0 aliphatic heterocycles. The van der Waals surface area contributed by atoms with Crippen LogP contribution in [0.3, 0.4) is 0 Å². The number of nitro groups is 1. The van der Waals surface area contributed by atoms with Crippen LogP contribution in [-0.2, 0) is 0 Å². The SMILES string of the molecule is O=[N+]([O-])c1c(Cl)cccc1-c1ccc(Cl)c(Cl)c1. The Morgan fingerprint density at radius 1 is 0.944 bits per heavy atom. The van der Waals surface area contributed by atoms with Crippen molar-refractivity contribution in [1.29, 1.82) is 0 Å². The van der Waals surface area contributed by atoms with E-state index in [1.165, 1.54) is 6.07 Å². The third-order valence-corrected chi connectivity index (χ3v) is 3.44. The van der Waals surface area contributed by atoms with E-state index in [0.29, 0.717) is 21.2 Å². The van der Waals surface area contributed by atoms with Crippen LogP contribution in [0, 0.1) is 10.1 Å². The van der Waals surface area contributed by atoms with Gasteiger partial charge in [-0.1, -0.05) is 46.9 Å². The van der Waals surface area contributed by atoms with Crippen molar-refractivity contribution in [2.45, 2.75) is 0 Å². The number of rotatable bonds is 2. The molecule has 18 heavy (non-hydrogen) atoms. The molecule has 92 valence electrons. The first kappa shape index (κ1) is 13.1. The van der Waals surface area contributed by atoms with Crippen LogP contribution in [0.5, 0.6) is 0 Å². The van der Waals surface area contributed by atoms with Gasteiger partial charge in [0.1, 0.15) is 5.02 Å². The topological polar surface area (TPSA) is 43.1 Å². The van der Waals surface area contributed by atoms with Gasteiger partial charge in [-0.3, -0.25) is 10.1 Å². The summed E-state index contributed by atoms with van der Waals surface area (Å²) >= 11 is 17.6. The number of hydrogen-bond donors (Lipinski definition) is 0. The second-order valence-corrected chi connectivity index (χ2v) is 4.74. The minimum atomic E-state index is -0.514. The summed E-state index contributed by atoms with van der Waals surface area (Å²) in [6, 6.07) is 9.55. The summed E-state index contributed by atoms with van der Waals surface area (Å²) in [6.07, 6.45) is 0. The van der Waals surface area contributed by atoms with Crippen LogP contribution in [0.4, 0.5) is 5.69 Å². The van der Waals surface area contributed by atoms with Crippen molar-refractivity contribution in [3.05, 3.63) is 61.6 Å². The zero-order chi connectivity index (χ0) is 13.3. The molecule has 0 saturated carbocycles. The third-order valence-electron chi connectivity index (χ3n) is 2.40. The van der Waals surface area contributed by atoms with Crippen LogP contribution >= 0.6 is 34.8 Å². The summed E-state index contributed by atoms with van der Waals surface area (Å²) < 4.78 is 0. The van der Waals surface area contributed by atoms with Gasteiger partial charge in [0.05, 0.1) is 20.5 Å². The molecule has 3 nitrogen and oxygen atoms in total. The Labute approximate surface area is 118 Å². The van der Waals surface area contributed by atoms with Crippen molar-refractivity contribution in [1.82, 2.24) is 0 Å². The minimum absolute atomic E-state index is 0.0866. The van der Waals surface area contributed by atoms with E-state index < -0.39 is 4.92 Å². The zero-order valence-corrected chi connectivity index (χ0v) is 11.1. The Bertz CT molecular complexity index is 629. The van der Waals surface area contributed by atoms with Crippen LogP contribution in [-0.4, -0.2) is 4.92 Å². The molecule has 0 aliphatic rings. The van der Waals surface area contributed by atoms with Gasteiger partial charge in [-0.25, -0.2) is 0 Å². The molecule has 0 radical (unpaired) electrons. The van der Waals surface area contributed by atoms with Crippen molar-refractivity contribution in [3.63, 3.8) is 0 Å². The predicted octanol–water partition coefficient (Wildman–Crippen LogP) is 5.22. The summed E-state index contributed by atoms with van der Waals surface area (Å²) in [6.45, 7) is 0. The molecule has 0 spiro atoms. The van der Waals surface area contributed by atoms with E-state index in [4.69, 9.17) is 34.8 Å². The first-order chi connectivity index (χ1) is 8.50. The fraction of sp³-hybridized carbons (Fsp3) is 0. The molecule has 0 fully saturated rings. The summed E-state index contributed by atoms with van der Waals surface area (Å²) in [5.74, 6) is 0. The number of nitro benzene ring substituents is 1. The summed E-state index contributed by atoms with van der Waals surface area (Å²) in [5, 5.41) is 11.8. The van der Waals surface area contributed by atoms with Crippen molar-refractivity contribution < 1.29 is 4.92 Å². The van der Waals surface area contributed by atoms with E-state index in [-0.39, 0.29) is 10.7 Å². The average molecular weight is 303 g/mol. The van der Waals surface area contributed by atoms with E-state index >= 15 is 0 Å². The fourth-order valence-corrected chi connectivity index (χ4v) is 2.14. The predicted molar refractivity (Wildman–Crippen MR) is 73.6 cm³/mol. The molecule has 0 N–H and O–H groups in total. The lowest BCUT2D eigenvalue weighted by Crippen LogP contribution is -1.93. The molecule has 0 heterocycles. The highest BCUT2D eigenvalue weighted by molar-refractivity contribution is 6.42. The van der Waals surface area contributed by atoms with Gasteiger partial charge in [0.15, 0.2) is 0 Å². The molecular formula is C12H6Cl3NO2. The molecular weight excluding hydrogens is 296 g/mol. The standard InChI is InChI=1S/C12H6Cl3NO2/c13-9-5-4-7(6-11(9)15)8-2-1-3-10(14)12(8)16(17)18/h1-6H. The second kappa shape index (κ2) is 5.14. The Kier molecular flexibility index (Phi) is 3.76. The molecule has 0 aliphatic carbocycles. The quantitative estimate of drug-likeness (QED) is 0.563. The maximum atomic E-state index is 11.0. The third kappa shape index (κ3) is 2.43. The number of hydrogen-bond acceptors (Lipinski definition) is 2. The van der Waals surface area contributed by atoms with E-state index in [1.54, 1.807) is 30.3 Å². The molecule has 6 heteroatoms. The first-order valence-electron chi connectivity index (χ1n) is 4.89. The minimum Gasteiger partial charge on any atom is -0.258 e. The van der Waals surface area contributed by atoms with Gasteiger partial charge in [-0.15, -0.1) is 0 Å². The fourth-order valence-electron chi connectivity index (χ4n) is 1.60. The monoisotopic (exact) mass is 301 g/mol. The Hall–Kier alpha value is -1.29. The van der Waals surface area contributed by atoms with Gasteiger partial charge in [0.2, 0.25) is 0 Å². The van der Waals surface area contributed by atoms with Gasteiger partial charge in [-0.2, -0.15) is 0 Å². The van der Waals surface area contributed by atoms with Crippen molar-refractivity contribution in [2.75, 3.05) is 0 Å². The van der Waals surface area contributed by atoms with Crippen LogP contribution in [0.15, 0.2) is 36.4 Å². The van der Waals surface area contributed by atoms with Crippen molar-refractivity contribution >= 4 is 40.5 Å². The molecule has 0 saturated heterocycles. The second-order valence-electron chi connectivity index (χ2n) is 3.52. The molecule has 0 aromatic heterocycles. The summed E-state index contributed by atoms with van der Waals surface area (Å²) in [5.41, 5.74) is 0.863. The van der Waals surface area contributed by atoms with E-state index in [2.05, 4.69) is 0 Å². The highest BCUT2D eigenvalue weighted by Gasteiger charge is 2.19. The Balaban J connectivity index is 2.67. The zero-order valence-electron chi connectivity index (χ0n) is 8.86. The molecule has 0 unspecified atom stereocenters. The lowest BCUT2D eigenvalue weighted by Gasteiger charge is -2.05. The lowest BCUT2D eigenvalue weighted by atomic mass is 10.0. The Morgan fingerprint density at radius 2 is 1.67 bits per heavy atom. The number of nitrogens with zero attached hydrogens (tertiary/aromatic N) is 1. The van der Waals surface area contributed by atoms with Gasteiger partial charge in [0, 0.05) is 0 Å².